The molecule has 2 aromatic heterocycles. The van der Waals surface area contributed by atoms with Gasteiger partial charge in [0.15, 0.2) is 11.0 Å². The van der Waals surface area contributed by atoms with Crippen molar-refractivity contribution in [1.29, 1.82) is 0 Å². The van der Waals surface area contributed by atoms with Gasteiger partial charge in [-0.2, -0.15) is 0 Å². The molecule has 0 spiro atoms. The van der Waals surface area contributed by atoms with E-state index in [1.165, 1.54) is 24.6 Å². The molecule has 150 valence electrons. The molecule has 0 atom stereocenters. The molecule has 1 saturated carbocycles. The monoisotopic (exact) mass is 409 g/mol. The third-order valence-electron chi connectivity index (χ3n) is 4.91. The lowest BCUT2D eigenvalue weighted by Gasteiger charge is -2.12. The number of pyridine rings is 1. The number of carbonyl (C=O) groups excluding carboxylic acids is 1. The molecule has 0 bridgehead atoms. The predicted octanol–water partition coefficient (Wildman–Crippen LogP) is 3.49. The molecule has 1 N–H and O–H groups in total. The van der Waals surface area contributed by atoms with E-state index in [4.69, 9.17) is 4.74 Å². The summed E-state index contributed by atoms with van der Waals surface area (Å²) < 4.78 is 7.19. The molecule has 1 fully saturated rings. The Hall–Kier alpha value is -2.87. The highest BCUT2D eigenvalue weighted by molar-refractivity contribution is 7.99. The molecule has 0 radical (unpaired) electrons. The van der Waals surface area contributed by atoms with E-state index in [0.717, 1.165) is 30.0 Å². The van der Waals surface area contributed by atoms with Crippen LogP contribution in [0, 0.1) is 0 Å². The number of hydrogen-bond donors (Lipinski definition) is 1. The summed E-state index contributed by atoms with van der Waals surface area (Å²) in [5.74, 6) is 1.74. The molecule has 2 heterocycles. The first-order valence-corrected chi connectivity index (χ1v) is 10.7. The van der Waals surface area contributed by atoms with E-state index in [-0.39, 0.29) is 5.91 Å². The summed E-state index contributed by atoms with van der Waals surface area (Å²) in [6, 6.07) is 13.6. The third kappa shape index (κ3) is 4.59. The van der Waals surface area contributed by atoms with Gasteiger partial charge < -0.3 is 10.1 Å². The first-order valence-electron chi connectivity index (χ1n) is 9.68. The quantitative estimate of drug-likeness (QED) is 0.602. The maximum absolute atomic E-state index is 12.4. The second kappa shape index (κ2) is 9.09. The molecule has 29 heavy (non-hydrogen) atoms. The summed E-state index contributed by atoms with van der Waals surface area (Å²) in [6.07, 6.45) is 6.25. The van der Waals surface area contributed by atoms with Crippen LogP contribution in [0.3, 0.4) is 0 Å². The van der Waals surface area contributed by atoms with Gasteiger partial charge in [-0.15, -0.1) is 10.2 Å². The van der Waals surface area contributed by atoms with Crippen LogP contribution in [0.1, 0.15) is 25.7 Å². The summed E-state index contributed by atoms with van der Waals surface area (Å²) >= 11 is 1.38. The molecule has 1 amide bonds. The van der Waals surface area contributed by atoms with Crippen LogP contribution < -0.4 is 10.1 Å². The number of hydrogen-bond acceptors (Lipinski definition) is 6. The number of rotatable bonds is 7. The molecular weight excluding hydrogens is 386 g/mol. The van der Waals surface area contributed by atoms with Gasteiger partial charge in [-0.3, -0.25) is 14.3 Å². The zero-order valence-corrected chi connectivity index (χ0v) is 17.1. The predicted molar refractivity (Wildman–Crippen MR) is 112 cm³/mol. The Labute approximate surface area is 173 Å². The fourth-order valence-corrected chi connectivity index (χ4v) is 4.22. The number of aromatic nitrogens is 4. The second-order valence-electron chi connectivity index (χ2n) is 6.89. The normalized spacial score (nSPS) is 14.1. The summed E-state index contributed by atoms with van der Waals surface area (Å²) in [5, 5.41) is 12.5. The number of methoxy groups -OCH3 is 1. The van der Waals surface area contributed by atoms with Crippen molar-refractivity contribution in [3.8, 4) is 23.0 Å². The third-order valence-corrected chi connectivity index (χ3v) is 5.84. The molecule has 7 nitrogen and oxygen atoms in total. The number of amides is 1. The lowest BCUT2D eigenvalue weighted by molar-refractivity contribution is -0.119. The molecule has 0 unspecified atom stereocenters. The van der Waals surface area contributed by atoms with Crippen LogP contribution >= 0.6 is 11.8 Å². The standard InChI is InChI=1S/C21H23N5O2S/c1-28-17-11-9-16(10-12-17)26-20(18-8-4-5-13-22-18)24-25-21(26)29-14-19(27)23-15-6-2-3-7-15/h4-5,8-13,15H,2-3,6-7,14H2,1H3,(H,23,27). The molecule has 3 aromatic rings. The van der Waals surface area contributed by atoms with Gasteiger partial charge in [0.1, 0.15) is 11.4 Å². The van der Waals surface area contributed by atoms with Crippen molar-refractivity contribution in [3.05, 3.63) is 48.7 Å². The smallest absolute Gasteiger partial charge is 0.230 e. The fraction of sp³-hybridized carbons (Fsp3) is 0.333. The lowest BCUT2D eigenvalue weighted by Crippen LogP contribution is -2.33. The summed E-state index contributed by atoms with van der Waals surface area (Å²) in [6.45, 7) is 0. The van der Waals surface area contributed by atoms with Crippen molar-refractivity contribution in [2.75, 3.05) is 12.9 Å². The van der Waals surface area contributed by atoms with Crippen molar-refractivity contribution in [2.24, 2.45) is 0 Å². The highest BCUT2D eigenvalue weighted by Crippen LogP contribution is 2.28. The fourth-order valence-electron chi connectivity index (χ4n) is 3.46. The van der Waals surface area contributed by atoms with Crippen LogP contribution in [-0.2, 0) is 4.79 Å². The second-order valence-corrected chi connectivity index (χ2v) is 7.83. The summed E-state index contributed by atoms with van der Waals surface area (Å²) in [5.41, 5.74) is 1.60. The Morgan fingerprint density at radius 2 is 1.97 bits per heavy atom. The van der Waals surface area contributed by atoms with Crippen molar-refractivity contribution < 1.29 is 9.53 Å². The van der Waals surface area contributed by atoms with Gasteiger partial charge in [-0.05, 0) is 49.2 Å². The number of thioether (sulfide) groups is 1. The van der Waals surface area contributed by atoms with Gasteiger partial charge in [0.2, 0.25) is 5.91 Å². The minimum Gasteiger partial charge on any atom is -0.497 e. The number of nitrogens with one attached hydrogen (secondary N) is 1. The zero-order valence-electron chi connectivity index (χ0n) is 16.2. The van der Waals surface area contributed by atoms with Crippen LogP contribution in [0.25, 0.3) is 17.2 Å². The number of nitrogens with zero attached hydrogens (tertiary/aromatic N) is 4. The van der Waals surface area contributed by atoms with Gasteiger partial charge in [-0.25, -0.2) is 0 Å². The van der Waals surface area contributed by atoms with Crippen LogP contribution in [0.15, 0.2) is 53.8 Å². The van der Waals surface area contributed by atoms with Crippen molar-refractivity contribution >= 4 is 17.7 Å². The first kappa shape index (κ1) is 19.4. The van der Waals surface area contributed by atoms with Crippen LogP contribution in [0.5, 0.6) is 5.75 Å². The Balaban J connectivity index is 1.59. The highest BCUT2D eigenvalue weighted by Gasteiger charge is 2.20. The number of carbonyl (C=O) groups is 1. The molecule has 1 aliphatic carbocycles. The minimum atomic E-state index is 0.0329. The van der Waals surface area contributed by atoms with E-state index in [1.807, 2.05) is 47.0 Å². The van der Waals surface area contributed by atoms with E-state index in [0.29, 0.717) is 22.8 Å². The molecule has 4 rings (SSSR count). The highest BCUT2D eigenvalue weighted by atomic mass is 32.2. The summed E-state index contributed by atoms with van der Waals surface area (Å²) in [7, 11) is 1.64. The van der Waals surface area contributed by atoms with Crippen LogP contribution in [0.2, 0.25) is 0 Å². The summed E-state index contributed by atoms with van der Waals surface area (Å²) in [4.78, 5) is 16.8. The Bertz CT molecular complexity index is 953. The van der Waals surface area contributed by atoms with Gasteiger partial charge in [-0.1, -0.05) is 30.7 Å². The van der Waals surface area contributed by atoms with Gasteiger partial charge in [0.05, 0.1) is 18.6 Å². The maximum atomic E-state index is 12.4. The van der Waals surface area contributed by atoms with E-state index < -0.39 is 0 Å². The molecule has 1 aliphatic rings. The molecule has 0 aliphatic heterocycles. The van der Waals surface area contributed by atoms with Crippen molar-refractivity contribution in [1.82, 2.24) is 25.1 Å². The van der Waals surface area contributed by atoms with Gasteiger partial charge in [0.25, 0.3) is 0 Å². The van der Waals surface area contributed by atoms with Crippen molar-refractivity contribution in [3.63, 3.8) is 0 Å². The van der Waals surface area contributed by atoms with E-state index in [9.17, 15) is 4.79 Å². The molecule has 1 aromatic carbocycles. The van der Waals surface area contributed by atoms with E-state index in [2.05, 4.69) is 20.5 Å². The van der Waals surface area contributed by atoms with Gasteiger partial charge in [0, 0.05) is 12.2 Å². The van der Waals surface area contributed by atoms with E-state index in [1.54, 1.807) is 13.3 Å². The minimum absolute atomic E-state index is 0.0329. The Morgan fingerprint density at radius 3 is 2.66 bits per heavy atom. The average Bonchev–Trinajstić information content (AvgIpc) is 3.43. The zero-order chi connectivity index (χ0) is 20.1. The van der Waals surface area contributed by atoms with Crippen molar-refractivity contribution in [2.45, 2.75) is 36.9 Å². The lowest BCUT2D eigenvalue weighted by atomic mass is 10.2. The molecule has 0 saturated heterocycles. The van der Waals surface area contributed by atoms with E-state index >= 15 is 0 Å². The average molecular weight is 410 g/mol. The molecular formula is C21H23N5O2S. The number of benzene rings is 1. The SMILES string of the molecule is COc1ccc(-n2c(SCC(=O)NC3CCCC3)nnc2-c2ccccn2)cc1. The van der Waals surface area contributed by atoms with Crippen LogP contribution in [0.4, 0.5) is 0 Å². The molecule has 8 heteroatoms. The maximum Gasteiger partial charge on any atom is 0.230 e. The van der Waals surface area contributed by atoms with Crippen LogP contribution in [-0.4, -0.2) is 44.6 Å². The first-order chi connectivity index (χ1) is 14.2. The number of ether oxygens (including phenoxy) is 1. The topological polar surface area (TPSA) is 81.9 Å². The van der Waals surface area contributed by atoms with Gasteiger partial charge >= 0.3 is 0 Å². The Kier molecular flexibility index (Phi) is 6.09. The largest absolute Gasteiger partial charge is 0.497 e. The Morgan fingerprint density at radius 1 is 1.17 bits per heavy atom.